The van der Waals surface area contributed by atoms with Crippen molar-refractivity contribution in [3.05, 3.63) is 29.8 Å². The molecule has 0 aliphatic carbocycles. The molecule has 0 aliphatic rings. The van der Waals surface area contributed by atoms with Gasteiger partial charge in [0.2, 0.25) is 5.91 Å². The molecule has 0 spiro atoms. The molecule has 0 heterocycles. The Kier molecular flexibility index (Phi) is 6.17. The molecule has 1 atom stereocenters. The number of aliphatic carboxylic acids is 1. The van der Waals surface area contributed by atoms with Gasteiger partial charge in [-0.3, -0.25) is 9.59 Å². The highest BCUT2D eigenvalue weighted by Gasteiger charge is 2.29. The van der Waals surface area contributed by atoms with Crippen molar-refractivity contribution >= 4 is 11.9 Å². The first-order valence-electron chi connectivity index (χ1n) is 6.53. The molecule has 21 heavy (non-hydrogen) atoms. The van der Waals surface area contributed by atoms with Crippen LogP contribution in [0.15, 0.2) is 24.3 Å². The van der Waals surface area contributed by atoms with Gasteiger partial charge in [0.05, 0.1) is 32.1 Å². The van der Waals surface area contributed by atoms with Gasteiger partial charge in [0, 0.05) is 7.11 Å². The first kappa shape index (κ1) is 17.0. The third-order valence-electron chi connectivity index (χ3n) is 2.97. The quantitative estimate of drug-likeness (QED) is 0.753. The summed E-state index contributed by atoms with van der Waals surface area (Å²) in [5.74, 6) is -0.519. The lowest BCUT2D eigenvalue weighted by Crippen LogP contribution is -2.51. The molecule has 1 aromatic rings. The smallest absolute Gasteiger partial charge is 0.305 e. The summed E-state index contributed by atoms with van der Waals surface area (Å²) in [5, 5.41) is 11.6. The topological polar surface area (TPSA) is 84.9 Å². The van der Waals surface area contributed by atoms with Crippen molar-refractivity contribution in [3.8, 4) is 5.75 Å². The van der Waals surface area contributed by atoms with Crippen molar-refractivity contribution in [2.75, 3.05) is 20.8 Å². The lowest BCUT2D eigenvalue weighted by Gasteiger charge is -2.28. The predicted molar refractivity (Wildman–Crippen MR) is 77.4 cm³/mol. The van der Waals surface area contributed by atoms with Gasteiger partial charge in [0.25, 0.3) is 0 Å². The van der Waals surface area contributed by atoms with Gasteiger partial charge in [-0.15, -0.1) is 0 Å². The van der Waals surface area contributed by atoms with Gasteiger partial charge in [-0.1, -0.05) is 12.1 Å². The Morgan fingerprint density at radius 1 is 1.24 bits per heavy atom. The van der Waals surface area contributed by atoms with Crippen LogP contribution in [-0.2, 0) is 20.7 Å². The zero-order valence-corrected chi connectivity index (χ0v) is 12.5. The van der Waals surface area contributed by atoms with Crippen LogP contribution in [0.25, 0.3) is 0 Å². The Labute approximate surface area is 124 Å². The number of methoxy groups -OCH3 is 2. The number of carboxylic acid groups (broad SMARTS) is 1. The van der Waals surface area contributed by atoms with Crippen molar-refractivity contribution < 1.29 is 24.2 Å². The van der Waals surface area contributed by atoms with E-state index in [1.54, 1.807) is 38.3 Å². The van der Waals surface area contributed by atoms with Gasteiger partial charge in [-0.05, 0) is 24.6 Å². The standard InChI is InChI=1S/C15H21NO5/c1-15(10-20-2,9-14(18)19)16-13(17)8-11-4-6-12(21-3)7-5-11/h4-7H,8-10H2,1-3H3,(H,16,17)(H,18,19). The summed E-state index contributed by atoms with van der Waals surface area (Å²) in [6.07, 6.45) is -0.0297. The minimum absolute atomic E-state index is 0.133. The van der Waals surface area contributed by atoms with Crippen molar-refractivity contribution in [3.63, 3.8) is 0 Å². The van der Waals surface area contributed by atoms with E-state index in [1.165, 1.54) is 7.11 Å². The maximum Gasteiger partial charge on any atom is 0.305 e. The van der Waals surface area contributed by atoms with Crippen LogP contribution in [0.5, 0.6) is 5.75 Å². The molecule has 0 fully saturated rings. The summed E-state index contributed by atoms with van der Waals surface area (Å²) < 4.78 is 10.0. The van der Waals surface area contributed by atoms with Crippen LogP contribution in [0.4, 0.5) is 0 Å². The number of hydrogen-bond acceptors (Lipinski definition) is 4. The molecule has 0 bridgehead atoms. The van der Waals surface area contributed by atoms with Crippen LogP contribution >= 0.6 is 0 Å². The Balaban J connectivity index is 2.66. The van der Waals surface area contributed by atoms with Crippen LogP contribution in [-0.4, -0.2) is 43.3 Å². The molecule has 116 valence electrons. The Morgan fingerprint density at radius 3 is 2.33 bits per heavy atom. The molecule has 0 saturated heterocycles. The number of rotatable bonds is 8. The number of amides is 1. The molecule has 6 heteroatoms. The number of ether oxygens (including phenoxy) is 2. The van der Waals surface area contributed by atoms with Crippen molar-refractivity contribution in [1.29, 1.82) is 0 Å². The van der Waals surface area contributed by atoms with E-state index >= 15 is 0 Å². The molecule has 1 aromatic carbocycles. The first-order chi connectivity index (χ1) is 9.88. The largest absolute Gasteiger partial charge is 0.497 e. The van der Waals surface area contributed by atoms with E-state index in [4.69, 9.17) is 14.6 Å². The molecule has 0 aromatic heterocycles. The molecule has 0 saturated carbocycles. The van der Waals surface area contributed by atoms with E-state index in [-0.39, 0.29) is 25.4 Å². The average Bonchev–Trinajstić information content (AvgIpc) is 2.38. The molecule has 1 unspecified atom stereocenters. The number of carbonyl (C=O) groups excluding carboxylic acids is 1. The molecular weight excluding hydrogens is 274 g/mol. The zero-order valence-electron chi connectivity index (χ0n) is 12.5. The second-order valence-corrected chi connectivity index (χ2v) is 5.14. The van der Waals surface area contributed by atoms with Crippen molar-refractivity contribution in [2.45, 2.75) is 25.3 Å². The Morgan fingerprint density at radius 2 is 1.86 bits per heavy atom. The minimum Gasteiger partial charge on any atom is -0.497 e. The Bertz CT molecular complexity index is 485. The Hall–Kier alpha value is -2.08. The van der Waals surface area contributed by atoms with Crippen LogP contribution < -0.4 is 10.1 Å². The number of carbonyl (C=O) groups is 2. The third kappa shape index (κ3) is 5.83. The monoisotopic (exact) mass is 295 g/mol. The number of nitrogens with one attached hydrogen (secondary N) is 1. The maximum atomic E-state index is 12.0. The van der Waals surface area contributed by atoms with Gasteiger partial charge >= 0.3 is 5.97 Å². The molecule has 2 N–H and O–H groups in total. The predicted octanol–water partition coefficient (Wildman–Crippen LogP) is 1.23. The summed E-state index contributed by atoms with van der Waals surface area (Å²) in [6, 6.07) is 7.13. The van der Waals surface area contributed by atoms with E-state index in [0.29, 0.717) is 5.75 Å². The van der Waals surface area contributed by atoms with Crippen molar-refractivity contribution in [1.82, 2.24) is 5.32 Å². The van der Waals surface area contributed by atoms with Crippen LogP contribution in [0.3, 0.4) is 0 Å². The second-order valence-electron chi connectivity index (χ2n) is 5.14. The van der Waals surface area contributed by atoms with Gasteiger partial charge in [0.1, 0.15) is 5.75 Å². The number of benzene rings is 1. The van der Waals surface area contributed by atoms with Gasteiger partial charge in [-0.25, -0.2) is 0 Å². The maximum absolute atomic E-state index is 12.0. The van der Waals surface area contributed by atoms with Crippen molar-refractivity contribution in [2.24, 2.45) is 0 Å². The normalized spacial score (nSPS) is 13.3. The van der Waals surface area contributed by atoms with Crippen LogP contribution in [0, 0.1) is 0 Å². The number of hydrogen-bond donors (Lipinski definition) is 2. The molecule has 6 nitrogen and oxygen atoms in total. The fourth-order valence-electron chi connectivity index (χ4n) is 2.09. The van der Waals surface area contributed by atoms with Crippen LogP contribution in [0.1, 0.15) is 18.9 Å². The highest BCUT2D eigenvalue weighted by molar-refractivity contribution is 5.80. The fraction of sp³-hybridized carbons (Fsp3) is 0.467. The van der Waals surface area contributed by atoms with E-state index in [2.05, 4.69) is 5.32 Å². The average molecular weight is 295 g/mol. The van der Waals surface area contributed by atoms with E-state index < -0.39 is 11.5 Å². The molecule has 1 rings (SSSR count). The molecule has 0 radical (unpaired) electrons. The molecule has 1 amide bonds. The summed E-state index contributed by atoms with van der Waals surface area (Å²) in [6.45, 7) is 1.78. The minimum atomic E-state index is -0.987. The summed E-state index contributed by atoms with van der Waals surface area (Å²) in [7, 11) is 3.04. The van der Waals surface area contributed by atoms with E-state index in [9.17, 15) is 9.59 Å². The lowest BCUT2D eigenvalue weighted by molar-refractivity contribution is -0.139. The highest BCUT2D eigenvalue weighted by Crippen LogP contribution is 2.14. The zero-order chi connectivity index (χ0) is 15.9. The first-order valence-corrected chi connectivity index (χ1v) is 6.53. The SMILES string of the molecule is COCC(C)(CC(=O)O)NC(=O)Cc1ccc(OC)cc1. The van der Waals surface area contributed by atoms with Gasteiger partial charge in [0.15, 0.2) is 0 Å². The lowest BCUT2D eigenvalue weighted by atomic mass is 9.98. The van der Waals surface area contributed by atoms with Gasteiger partial charge < -0.3 is 19.9 Å². The van der Waals surface area contributed by atoms with Gasteiger partial charge in [-0.2, -0.15) is 0 Å². The highest BCUT2D eigenvalue weighted by atomic mass is 16.5. The molecule has 0 aliphatic heterocycles. The summed E-state index contributed by atoms with van der Waals surface area (Å²) in [5.41, 5.74) is -0.104. The summed E-state index contributed by atoms with van der Waals surface area (Å²) in [4.78, 5) is 22.9. The van der Waals surface area contributed by atoms with Crippen LogP contribution in [0.2, 0.25) is 0 Å². The molecular formula is C15H21NO5. The van der Waals surface area contributed by atoms with E-state index in [1.807, 2.05) is 0 Å². The summed E-state index contributed by atoms with van der Waals surface area (Å²) >= 11 is 0. The third-order valence-corrected chi connectivity index (χ3v) is 2.97. The fourth-order valence-corrected chi connectivity index (χ4v) is 2.09. The van der Waals surface area contributed by atoms with E-state index in [0.717, 1.165) is 5.56 Å². The second kappa shape index (κ2) is 7.64. The number of carboxylic acids is 1.